The second-order valence-corrected chi connectivity index (χ2v) is 6.65. The summed E-state index contributed by atoms with van der Waals surface area (Å²) in [5.74, 6) is -1.97. The lowest BCUT2D eigenvalue weighted by atomic mass is 10.0. The van der Waals surface area contributed by atoms with E-state index in [-0.39, 0.29) is 11.3 Å². The Morgan fingerprint density at radius 1 is 1.11 bits per heavy atom. The van der Waals surface area contributed by atoms with Crippen LogP contribution >= 0.6 is 0 Å². The molecule has 1 N–H and O–H groups in total. The van der Waals surface area contributed by atoms with E-state index >= 15 is 0 Å². The van der Waals surface area contributed by atoms with Crippen molar-refractivity contribution in [2.75, 3.05) is 22.9 Å². The summed E-state index contributed by atoms with van der Waals surface area (Å²) in [6.45, 7) is 3.96. The molecule has 0 aromatic heterocycles. The van der Waals surface area contributed by atoms with Crippen molar-refractivity contribution in [3.05, 3.63) is 65.0 Å². The summed E-state index contributed by atoms with van der Waals surface area (Å²) in [5, 5.41) is 2.17. The van der Waals surface area contributed by atoms with Crippen molar-refractivity contribution >= 4 is 35.3 Å². The van der Waals surface area contributed by atoms with E-state index in [9.17, 15) is 18.8 Å². The molecule has 28 heavy (non-hydrogen) atoms. The number of fused-ring (bicyclic) bond motifs is 1. The zero-order valence-corrected chi connectivity index (χ0v) is 15.2. The van der Waals surface area contributed by atoms with E-state index in [0.29, 0.717) is 5.56 Å². The van der Waals surface area contributed by atoms with Gasteiger partial charge in [-0.1, -0.05) is 6.07 Å². The van der Waals surface area contributed by atoms with Crippen molar-refractivity contribution in [2.24, 2.45) is 0 Å². The lowest BCUT2D eigenvalue weighted by Gasteiger charge is -2.26. The minimum atomic E-state index is -0.855. The molecule has 4 amide bonds. The summed E-state index contributed by atoms with van der Waals surface area (Å²) >= 11 is 0. The minimum absolute atomic E-state index is 0.144. The van der Waals surface area contributed by atoms with Crippen LogP contribution in [0.15, 0.2) is 48.0 Å². The molecule has 1 fully saturated rings. The molecule has 2 aromatic rings. The van der Waals surface area contributed by atoms with Gasteiger partial charge in [-0.25, -0.2) is 14.1 Å². The van der Waals surface area contributed by atoms with Gasteiger partial charge in [0.1, 0.15) is 11.4 Å². The number of imide groups is 2. The van der Waals surface area contributed by atoms with E-state index in [1.165, 1.54) is 18.2 Å². The van der Waals surface area contributed by atoms with Gasteiger partial charge >= 0.3 is 6.03 Å². The van der Waals surface area contributed by atoms with Gasteiger partial charge in [-0.3, -0.25) is 14.9 Å². The highest BCUT2D eigenvalue weighted by molar-refractivity contribution is 6.39. The van der Waals surface area contributed by atoms with Crippen molar-refractivity contribution in [1.29, 1.82) is 0 Å². The van der Waals surface area contributed by atoms with E-state index in [4.69, 9.17) is 0 Å². The van der Waals surface area contributed by atoms with Gasteiger partial charge in [0.15, 0.2) is 0 Å². The number of carbonyl (C=O) groups excluding carboxylic acids is 3. The van der Waals surface area contributed by atoms with Crippen LogP contribution < -0.4 is 15.1 Å². The van der Waals surface area contributed by atoms with E-state index < -0.39 is 23.7 Å². The van der Waals surface area contributed by atoms with Crippen molar-refractivity contribution in [1.82, 2.24) is 5.32 Å². The van der Waals surface area contributed by atoms with Crippen LogP contribution in [0.3, 0.4) is 0 Å². The number of amides is 4. The number of urea groups is 1. The summed E-state index contributed by atoms with van der Waals surface area (Å²) in [5.41, 5.74) is 3.08. The molecule has 2 aromatic carbocycles. The van der Waals surface area contributed by atoms with Gasteiger partial charge in [-0.15, -0.1) is 0 Å². The number of nitrogens with zero attached hydrogens (tertiary/aromatic N) is 2. The Morgan fingerprint density at radius 3 is 2.57 bits per heavy atom. The molecular weight excluding hydrogens is 361 g/mol. The van der Waals surface area contributed by atoms with E-state index in [0.717, 1.165) is 47.8 Å². The molecule has 0 radical (unpaired) electrons. The van der Waals surface area contributed by atoms with E-state index in [2.05, 4.69) is 17.1 Å². The minimum Gasteiger partial charge on any atom is -0.371 e. The number of benzene rings is 2. The molecule has 1 saturated heterocycles. The van der Waals surface area contributed by atoms with Crippen LogP contribution in [0.2, 0.25) is 0 Å². The molecule has 0 spiro atoms. The number of carbonyl (C=O) groups is 3. The average molecular weight is 379 g/mol. The molecule has 7 heteroatoms. The average Bonchev–Trinajstić information content (AvgIpc) is 3.09. The van der Waals surface area contributed by atoms with Gasteiger partial charge in [-0.05, 0) is 66.9 Å². The topological polar surface area (TPSA) is 69.7 Å². The molecule has 0 aliphatic carbocycles. The summed E-state index contributed by atoms with van der Waals surface area (Å²) in [6.07, 6.45) is 2.38. The van der Waals surface area contributed by atoms with Gasteiger partial charge in [0.05, 0.1) is 5.69 Å². The van der Waals surface area contributed by atoms with Gasteiger partial charge in [0.25, 0.3) is 11.8 Å². The van der Waals surface area contributed by atoms with Crippen LogP contribution in [0.1, 0.15) is 18.1 Å². The highest BCUT2D eigenvalue weighted by atomic mass is 19.1. The number of rotatable bonds is 3. The number of likely N-dealkylation sites (N-methyl/N-ethyl adjacent to an activating group) is 1. The smallest absolute Gasteiger partial charge is 0.335 e. The van der Waals surface area contributed by atoms with Crippen LogP contribution in [0.25, 0.3) is 6.08 Å². The highest BCUT2D eigenvalue weighted by Gasteiger charge is 2.36. The number of nitrogens with one attached hydrogen (secondary N) is 1. The monoisotopic (exact) mass is 379 g/mol. The molecule has 4 rings (SSSR count). The number of anilines is 2. The largest absolute Gasteiger partial charge is 0.371 e. The lowest BCUT2D eigenvalue weighted by molar-refractivity contribution is -0.122. The predicted molar refractivity (Wildman–Crippen MR) is 103 cm³/mol. The summed E-state index contributed by atoms with van der Waals surface area (Å²) in [7, 11) is 0. The Bertz CT molecular complexity index is 1010. The number of hydrogen-bond acceptors (Lipinski definition) is 4. The van der Waals surface area contributed by atoms with Crippen LogP contribution in [0.5, 0.6) is 0 Å². The lowest BCUT2D eigenvalue weighted by Crippen LogP contribution is -2.54. The molecule has 6 nitrogen and oxygen atoms in total. The zero-order valence-electron chi connectivity index (χ0n) is 15.2. The summed E-state index contributed by atoms with van der Waals surface area (Å²) < 4.78 is 13.2. The number of halogens is 1. The van der Waals surface area contributed by atoms with Gasteiger partial charge in [0, 0.05) is 18.8 Å². The summed E-state index contributed by atoms with van der Waals surface area (Å²) in [6, 6.07) is 9.85. The number of hydrogen-bond donors (Lipinski definition) is 1. The number of barbiturate groups is 1. The molecule has 2 aliphatic rings. The first-order chi connectivity index (χ1) is 13.5. The Balaban J connectivity index is 1.68. The van der Waals surface area contributed by atoms with E-state index in [1.807, 2.05) is 18.2 Å². The third-order valence-corrected chi connectivity index (χ3v) is 4.97. The maximum atomic E-state index is 13.2. The third kappa shape index (κ3) is 3.05. The third-order valence-electron chi connectivity index (χ3n) is 4.97. The first-order valence-corrected chi connectivity index (χ1v) is 9.03. The Morgan fingerprint density at radius 2 is 1.86 bits per heavy atom. The predicted octanol–water partition coefficient (Wildman–Crippen LogP) is 2.87. The van der Waals surface area contributed by atoms with E-state index in [1.54, 1.807) is 0 Å². The second-order valence-electron chi connectivity index (χ2n) is 6.65. The molecule has 2 heterocycles. The van der Waals surface area contributed by atoms with Crippen LogP contribution in [0, 0.1) is 5.82 Å². The molecule has 0 bridgehead atoms. The molecule has 142 valence electrons. The quantitative estimate of drug-likeness (QED) is 0.658. The van der Waals surface area contributed by atoms with Gasteiger partial charge in [0.2, 0.25) is 0 Å². The Hall–Kier alpha value is -3.48. The standard InChI is InChI=1S/C21H18FN3O3/c1-2-24-10-9-14-11-13(3-8-18(14)24)12-17-19(26)23-21(28)25(20(17)27)16-6-4-15(22)5-7-16/h3-8,11-12H,2,9-10H2,1H3,(H,23,26,28)/b17-12-. The van der Waals surface area contributed by atoms with Crippen molar-refractivity contribution in [3.63, 3.8) is 0 Å². The fourth-order valence-corrected chi connectivity index (χ4v) is 3.56. The first-order valence-electron chi connectivity index (χ1n) is 9.03. The normalized spacial score (nSPS) is 17.9. The summed E-state index contributed by atoms with van der Waals surface area (Å²) in [4.78, 5) is 40.4. The van der Waals surface area contributed by atoms with Crippen LogP contribution in [-0.4, -0.2) is 30.9 Å². The zero-order chi connectivity index (χ0) is 19.8. The molecule has 2 aliphatic heterocycles. The first kappa shape index (κ1) is 17.9. The van der Waals surface area contributed by atoms with Crippen molar-refractivity contribution in [2.45, 2.75) is 13.3 Å². The SMILES string of the molecule is CCN1CCc2cc(/C=C3/C(=O)NC(=O)N(c4ccc(F)cc4)C3=O)ccc21. The Kier molecular flexibility index (Phi) is 4.43. The molecule has 0 unspecified atom stereocenters. The fourth-order valence-electron chi connectivity index (χ4n) is 3.56. The Labute approximate surface area is 161 Å². The second kappa shape index (κ2) is 6.92. The highest BCUT2D eigenvalue weighted by Crippen LogP contribution is 2.30. The maximum Gasteiger partial charge on any atom is 0.335 e. The fraction of sp³-hybridized carbons (Fsp3) is 0.190. The van der Waals surface area contributed by atoms with Crippen LogP contribution in [0.4, 0.5) is 20.6 Å². The maximum absolute atomic E-state index is 13.2. The molecular formula is C21H18FN3O3. The van der Waals surface area contributed by atoms with Gasteiger partial charge in [-0.2, -0.15) is 0 Å². The molecule has 0 atom stereocenters. The molecule has 0 saturated carbocycles. The van der Waals surface area contributed by atoms with Crippen LogP contribution in [-0.2, 0) is 16.0 Å². The van der Waals surface area contributed by atoms with Gasteiger partial charge < -0.3 is 4.90 Å². The van der Waals surface area contributed by atoms with Crippen molar-refractivity contribution < 1.29 is 18.8 Å². The van der Waals surface area contributed by atoms with Crippen molar-refractivity contribution in [3.8, 4) is 0 Å².